The summed E-state index contributed by atoms with van der Waals surface area (Å²) in [4.78, 5) is 30.1. The molecule has 0 aromatic rings. The van der Waals surface area contributed by atoms with Crippen LogP contribution in [-0.2, 0) is 23.9 Å². The zero-order valence-electron chi connectivity index (χ0n) is 5.85. The first-order valence-corrected chi connectivity index (χ1v) is 2.70. The molecule has 0 amide bonds. The van der Waals surface area contributed by atoms with Crippen molar-refractivity contribution in [3.63, 3.8) is 0 Å². The van der Waals surface area contributed by atoms with Crippen LogP contribution in [-0.4, -0.2) is 29.8 Å². The molecule has 0 bridgehead atoms. The van der Waals surface area contributed by atoms with Crippen LogP contribution in [0.1, 0.15) is 0 Å². The number of ether oxygens (including phenoxy) is 2. The molecule has 0 aromatic carbocycles. The van der Waals surface area contributed by atoms with Gasteiger partial charge < -0.3 is 14.6 Å². The van der Waals surface area contributed by atoms with E-state index in [2.05, 4.69) is 16.1 Å². The second-order valence-corrected chi connectivity index (χ2v) is 1.51. The topological polar surface area (TPSA) is 89.9 Å². The summed E-state index contributed by atoms with van der Waals surface area (Å²) in [5, 5.41) is 8.23. The van der Waals surface area contributed by atoms with Gasteiger partial charge in [-0.1, -0.05) is 6.58 Å². The number of carbonyl (C=O) groups is 2. The summed E-state index contributed by atoms with van der Waals surface area (Å²) in [7, 11) is 0. The lowest BCUT2D eigenvalue weighted by molar-refractivity contribution is -0.181. The normalized spacial score (nSPS) is 11.0. The highest BCUT2D eigenvalue weighted by Gasteiger charge is 2.22. The number of aliphatic carboxylic acids is 1. The van der Waals surface area contributed by atoms with Crippen molar-refractivity contribution in [2.24, 2.45) is 0 Å². The quantitative estimate of drug-likeness (QED) is 0.333. The fourth-order valence-corrected chi connectivity index (χ4v) is 0.322. The molecule has 12 heavy (non-hydrogen) atoms. The minimum absolute atomic E-state index is 0.740. The molecule has 6 nitrogen and oxygen atoms in total. The Bertz CT molecular complexity index is 208. The third kappa shape index (κ3) is 3.35. The third-order valence-corrected chi connectivity index (χ3v) is 0.747. The highest BCUT2D eigenvalue weighted by Crippen LogP contribution is 1.94. The predicted octanol–water partition coefficient (Wildman–Crippen LogP) is -0.790. The summed E-state index contributed by atoms with van der Waals surface area (Å²) in [5.74, 6) is -2.61. The van der Waals surface area contributed by atoms with E-state index in [1.807, 2.05) is 0 Å². The van der Waals surface area contributed by atoms with Gasteiger partial charge in [-0.3, -0.25) is 0 Å². The SMILES string of the molecule is C=CC(=O)OC(O[C]=O)C(=O)O. The molecule has 0 aromatic heterocycles. The second-order valence-electron chi connectivity index (χ2n) is 1.51. The maximum Gasteiger partial charge on any atom is 0.421 e. The Kier molecular flexibility index (Phi) is 4.13. The van der Waals surface area contributed by atoms with Gasteiger partial charge in [-0.05, 0) is 0 Å². The highest BCUT2D eigenvalue weighted by molar-refractivity contribution is 5.84. The summed E-state index contributed by atoms with van der Waals surface area (Å²) < 4.78 is 7.84. The lowest BCUT2D eigenvalue weighted by Crippen LogP contribution is -2.28. The summed E-state index contributed by atoms with van der Waals surface area (Å²) in [6.07, 6.45) is -1.22. The number of esters is 1. The zero-order chi connectivity index (χ0) is 9.56. The first kappa shape index (κ1) is 10.2. The molecule has 0 fully saturated rings. The van der Waals surface area contributed by atoms with Crippen molar-refractivity contribution in [3.8, 4) is 0 Å². The molecule has 1 atom stereocenters. The second kappa shape index (κ2) is 4.89. The summed E-state index contributed by atoms with van der Waals surface area (Å²) >= 11 is 0. The van der Waals surface area contributed by atoms with Gasteiger partial charge in [-0.25, -0.2) is 14.4 Å². The van der Waals surface area contributed by atoms with Crippen molar-refractivity contribution >= 4 is 18.4 Å². The number of carbonyl (C=O) groups excluding carboxylic acids is 2. The number of carboxylic acids is 1. The van der Waals surface area contributed by atoms with Crippen LogP contribution in [0.2, 0.25) is 0 Å². The van der Waals surface area contributed by atoms with Crippen molar-refractivity contribution in [2.75, 3.05) is 0 Å². The Hall–Kier alpha value is -1.85. The lowest BCUT2D eigenvalue weighted by atomic mass is 10.6. The molecule has 0 aliphatic heterocycles. The van der Waals surface area contributed by atoms with Crippen molar-refractivity contribution in [3.05, 3.63) is 12.7 Å². The van der Waals surface area contributed by atoms with E-state index in [4.69, 9.17) is 5.11 Å². The largest absolute Gasteiger partial charge is 0.476 e. The molecule has 0 saturated carbocycles. The highest BCUT2D eigenvalue weighted by atomic mass is 16.7. The van der Waals surface area contributed by atoms with Crippen LogP contribution in [0.5, 0.6) is 0 Å². The van der Waals surface area contributed by atoms with Crippen LogP contribution in [0, 0.1) is 0 Å². The van der Waals surface area contributed by atoms with E-state index >= 15 is 0 Å². The lowest BCUT2D eigenvalue weighted by Gasteiger charge is -2.08. The average molecular weight is 173 g/mol. The molecule has 0 aliphatic rings. The number of hydrogen-bond acceptors (Lipinski definition) is 5. The van der Waals surface area contributed by atoms with Gasteiger partial charge in [-0.2, -0.15) is 0 Å². The van der Waals surface area contributed by atoms with Gasteiger partial charge in [0.25, 0.3) is 0 Å². The summed E-state index contributed by atoms with van der Waals surface area (Å²) in [6.45, 7) is 3.85. The Labute approximate surface area is 67.4 Å². The molecule has 0 spiro atoms. The molecule has 6 heteroatoms. The molecule has 1 unspecified atom stereocenters. The number of rotatable bonds is 5. The summed E-state index contributed by atoms with van der Waals surface area (Å²) in [5.41, 5.74) is 0. The van der Waals surface area contributed by atoms with Gasteiger partial charge >= 0.3 is 24.7 Å². The minimum Gasteiger partial charge on any atom is -0.476 e. The third-order valence-electron chi connectivity index (χ3n) is 0.747. The molecule has 65 valence electrons. The fourth-order valence-electron chi connectivity index (χ4n) is 0.322. The van der Waals surface area contributed by atoms with E-state index < -0.39 is 18.2 Å². The maximum absolute atomic E-state index is 10.4. The Morgan fingerprint density at radius 2 is 2.17 bits per heavy atom. The van der Waals surface area contributed by atoms with Crippen LogP contribution >= 0.6 is 0 Å². The standard InChI is InChI=1S/C6H5O6/c1-2-4(8)12-6(5(9)10)11-3-7/h2,6H,1H2,(H,9,10). The van der Waals surface area contributed by atoms with Gasteiger partial charge in [0.15, 0.2) is 0 Å². The van der Waals surface area contributed by atoms with Gasteiger partial charge in [0.1, 0.15) is 0 Å². The van der Waals surface area contributed by atoms with Gasteiger partial charge in [0, 0.05) is 6.08 Å². The van der Waals surface area contributed by atoms with E-state index in [9.17, 15) is 14.4 Å². The average Bonchev–Trinajstić information content (AvgIpc) is 2.03. The smallest absolute Gasteiger partial charge is 0.421 e. The van der Waals surface area contributed by atoms with Gasteiger partial charge in [0.2, 0.25) is 0 Å². The van der Waals surface area contributed by atoms with E-state index in [1.54, 1.807) is 0 Å². The molecule has 0 saturated heterocycles. The molecule has 1 N–H and O–H groups in total. The van der Waals surface area contributed by atoms with Crippen LogP contribution < -0.4 is 0 Å². The van der Waals surface area contributed by atoms with Crippen molar-refractivity contribution in [2.45, 2.75) is 6.29 Å². The first-order valence-electron chi connectivity index (χ1n) is 2.70. The predicted molar refractivity (Wildman–Crippen MR) is 34.5 cm³/mol. The molecule has 0 rings (SSSR count). The molecular weight excluding hydrogens is 168 g/mol. The zero-order valence-corrected chi connectivity index (χ0v) is 5.85. The van der Waals surface area contributed by atoms with Crippen molar-refractivity contribution < 1.29 is 29.0 Å². The molecular formula is C6H5O6. The van der Waals surface area contributed by atoms with Gasteiger partial charge in [-0.15, -0.1) is 0 Å². The van der Waals surface area contributed by atoms with Crippen molar-refractivity contribution in [1.82, 2.24) is 0 Å². The molecule has 1 radical (unpaired) electrons. The number of hydrogen-bond donors (Lipinski definition) is 1. The van der Waals surface area contributed by atoms with Crippen LogP contribution in [0.25, 0.3) is 0 Å². The maximum atomic E-state index is 10.4. The Balaban J connectivity index is 4.12. The van der Waals surface area contributed by atoms with Crippen LogP contribution in [0.3, 0.4) is 0 Å². The summed E-state index contributed by atoms with van der Waals surface area (Å²) in [6, 6.07) is 0. The molecule has 0 heterocycles. The number of carboxylic acid groups (broad SMARTS) is 1. The van der Waals surface area contributed by atoms with E-state index in [0.717, 1.165) is 12.5 Å². The van der Waals surface area contributed by atoms with Crippen LogP contribution in [0.15, 0.2) is 12.7 Å². The van der Waals surface area contributed by atoms with E-state index in [-0.39, 0.29) is 0 Å². The fraction of sp³-hybridized carbons (Fsp3) is 0.167. The molecule has 0 aliphatic carbocycles. The first-order chi connectivity index (χ1) is 5.61. The van der Waals surface area contributed by atoms with E-state index in [0.29, 0.717) is 0 Å². The van der Waals surface area contributed by atoms with E-state index in [1.165, 1.54) is 0 Å². The Morgan fingerprint density at radius 1 is 1.58 bits per heavy atom. The van der Waals surface area contributed by atoms with Crippen molar-refractivity contribution in [1.29, 1.82) is 0 Å². The van der Waals surface area contributed by atoms with Crippen LogP contribution in [0.4, 0.5) is 0 Å². The Morgan fingerprint density at radius 3 is 2.50 bits per heavy atom. The van der Waals surface area contributed by atoms with Gasteiger partial charge in [0.05, 0.1) is 0 Å². The minimum atomic E-state index is -1.96. The monoisotopic (exact) mass is 173 g/mol.